The molecule has 0 aliphatic rings. The molecule has 2 heterocycles. The number of nitrogens with zero attached hydrogens (tertiary/aromatic N) is 2. The fourth-order valence-corrected chi connectivity index (χ4v) is 3.14. The van der Waals surface area contributed by atoms with Crippen molar-refractivity contribution in [3.63, 3.8) is 0 Å². The lowest BCUT2D eigenvalue weighted by Crippen LogP contribution is -1.94. The average Bonchev–Trinajstić information content (AvgIpc) is 2.95. The molecule has 3 nitrogen and oxygen atoms in total. The summed E-state index contributed by atoms with van der Waals surface area (Å²) in [4.78, 5) is 10.0. The number of hydrogen-bond donors (Lipinski definition) is 0. The number of benzene rings is 1. The zero-order chi connectivity index (χ0) is 16.2. The summed E-state index contributed by atoms with van der Waals surface area (Å²) < 4.78 is 18.6. The lowest BCUT2D eigenvalue weighted by atomic mass is 10.2. The van der Waals surface area contributed by atoms with E-state index in [2.05, 4.69) is 23.0 Å². The highest BCUT2D eigenvalue weighted by molar-refractivity contribution is 7.15. The van der Waals surface area contributed by atoms with Gasteiger partial charge in [-0.05, 0) is 49.7 Å². The first-order valence-electron chi connectivity index (χ1n) is 7.45. The molecule has 0 saturated carbocycles. The second-order valence-electron chi connectivity index (χ2n) is 5.16. The van der Waals surface area contributed by atoms with E-state index >= 15 is 0 Å². The molecule has 5 heteroatoms. The van der Waals surface area contributed by atoms with Crippen molar-refractivity contribution in [1.82, 2.24) is 9.97 Å². The maximum atomic E-state index is 12.9. The van der Waals surface area contributed by atoms with Crippen molar-refractivity contribution in [2.24, 2.45) is 0 Å². The number of aryl methyl sites for hydroxylation is 2. The van der Waals surface area contributed by atoms with Crippen molar-refractivity contribution in [2.75, 3.05) is 0 Å². The Bertz CT molecular complexity index is 799. The Hall–Kier alpha value is -2.27. The van der Waals surface area contributed by atoms with Gasteiger partial charge >= 0.3 is 0 Å². The quantitative estimate of drug-likeness (QED) is 0.675. The van der Waals surface area contributed by atoms with Gasteiger partial charge in [-0.15, -0.1) is 11.3 Å². The van der Waals surface area contributed by atoms with Crippen LogP contribution in [0.25, 0.3) is 10.6 Å². The molecule has 0 N–H and O–H groups in total. The van der Waals surface area contributed by atoms with Crippen molar-refractivity contribution in [3.05, 3.63) is 64.7 Å². The number of halogens is 1. The van der Waals surface area contributed by atoms with E-state index in [-0.39, 0.29) is 5.82 Å². The fraction of sp³-hybridized carbons (Fsp3) is 0.222. The van der Waals surface area contributed by atoms with Gasteiger partial charge in [0.05, 0.1) is 10.6 Å². The molecule has 23 heavy (non-hydrogen) atoms. The Kier molecular flexibility index (Phi) is 4.67. The summed E-state index contributed by atoms with van der Waals surface area (Å²) in [5.41, 5.74) is 3.10. The van der Waals surface area contributed by atoms with Gasteiger partial charge in [-0.3, -0.25) is 4.98 Å². The van der Waals surface area contributed by atoms with E-state index < -0.39 is 0 Å². The first-order chi connectivity index (χ1) is 11.2. The van der Waals surface area contributed by atoms with Gasteiger partial charge in [-0.1, -0.05) is 6.92 Å². The normalized spacial score (nSPS) is 10.7. The summed E-state index contributed by atoms with van der Waals surface area (Å²) in [5, 5.41) is 0.970. The van der Waals surface area contributed by atoms with Crippen LogP contribution in [-0.2, 0) is 13.0 Å². The summed E-state index contributed by atoms with van der Waals surface area (Å²) in [5.74, 6) is 0.385. The molecule has 0 bridgehead atoms. The summed E-state index contributed by atoms with van der Waals surface area (Å²) in [6.45, 7) is 4.49. The highest BCUT2D eigenvalue weighted by atomic mass is 32.1. The number of rotatable bonds is 5. The molecule has 0 atom stereocenters. The standard InChI is InChI=1S/C18H17FN2OS/c1-3-15-10-13(8-9-20-15)18-21-12(2)17(23-18)11-22-16-6-4-14(19)5-7-16/h4-10H,3,11H2,1-2H3. The van der Waals surface area contributed by atoms with Crippen molar-refractivity contribution >= 4 is 11.3 Å². The molecular formula is C18H17FN2OS. The van der Waals surface area contributed by atoms with E-state index in [0.29, 0.717) is 12.4 Å². The smallest absolute Gasteiger partial charge is 0.124 e. The topological polar surface area (TPSA) is 35.0 Å². The highest BCUT2D eigenvalue weighted by Gasteiger charge is 2.11. The van der Waals surface area contributed by atoms with Crippen LogP contribution in [0.4, 0.5) is 4.39 Å². The predicted octanol–water partition coefficient (Wildman–Crippen LogP) is 4.79. The van der Waals surface area contributed by atoms with Crippen molar-refractivity contribution < 1.29 is 9.13 Å². The molecule has 0 unspecified atom stereocenters. The Morgan fingerprint density at radius 2 is 1.96 bits per heavy atom. The molecule has 0 radical (unpaired) electrons. The molecule has 0 amide bonds. The van der Waals surface area contributed by atoms with Crippen LogP contribution in [0.5, 0.6) is 5.75 Å². The molecule has 3 aromatic rings. The predicted molar refractivity (Wildman–Crippen MR) is 90.2 cm³/mol. The maximum Gasteiger partial charge on any atom is 0.124 e. The molecule has 3 rings (SSSR count). The number of ether oxygens (including phenoxy) is 1. The van der Waals surface area contributed by atoms with Crippen LogP contribution in [0.1, 0.15) is 23.2 Å². The summed E-state index contributed by atoms with van der Waals surface area (Å²) >= 11 is 1.62. The summed E-state index contributed by atoms with van der Waals surface area (Å²) in [6, 6.07) is 10.1. The second-order valence-corrected chi connectivity index (χ2v) is 6.24. The van der Waals surface area contributed by atoms with Gasteiger partial charge < -0.3 is 4.74 Å². The first kappa shape index (κ1) is 15.6. The third-order valence-electron chi connectivity index (χ3n) is 3.50. The van der Waals surface area contributed by atoms with E-state index in [0.717, 1.165) is 33.3 Å². The molecular weight excluding hydrogens is 311 g/mol. The van der Waals surface area contributed by atoms with Crippen LogP contribution < -0.4 is 4.74 Å². The SMILES string of the molecule is CCc1cc(-c2nc(C)c(COc3ccc(F)cc3)s2)ccn1. The fourth-order valence-electron chi connectivity index (χ4n) is 2.17. The first-order valence-corrected chi connectivity index (χ1v) is 8.27. The molecule has 1 aromatic carbocycles. The molecule has 0 saturated heterocycles. The summed E-state index contributed by atoms with van der Waals surface area (Å²) in [6.07, 6.45) is 2.72. The molecule has 118 valence electrons. The lowest BCUT2D eigenvalue weighted by Gasteiger charge is -2.04. The van der Waals surface area contributed by atoms with Crippen molar-refractivity contribution in [2.45, 2.75) is 26.9 Å². The Morgan fingerprint density at radius 1 is 1.17 bits per heavy atom. The number of aromatic nitrogens is 2. The van der Waals surface area contributed by atoms with Crippen LogP contribution in [0, 0.1) is 12.7 Å². The minimum absolute atomic E-state index is 0.266. The number of hydrogen-bond acceptors (Lipinski definition) is 4. The van der Waals surface area contributed by atoms with Crippen LogP contribution >= 0.6 is 11.3 Å². The van der Waals surface area contributed by atoms with Gasteiger partial charge in [0.25, 0.3) is 0 Å². The molecule has 0 aliphatic carbocycles. The van der Waals surface area contributed by atoms with Crippen LogP contribution in [0.15, 0.2) is 42.6 Å². The number of thiazole rings is 1. The van der Waals surface area contributed by atoms with Gasteiger partial charge in [-0.2, -0.15) is 0 Å². The zero-order valence-corrected chi connectivity index (χ0v) is 13.9. The number of pyridine rings is 1. The summed E-state index contributed by atoms with van der Waals surface area (Å²) in [7, 11) is 0. The van der Waals surface area contributed by atoms with Gasteiger partial charge in [0, 0.05) is 17.5 Å². The average molecular weight is 328 g/mol. The van der Waals surface area contributed by atoms with E-state index in [4.69, 9.17) is 4.74 Å². The van der Waals surface area contributed by atoms with Gasteiger partial charge in [-0.25, -0.2) is 9.37 Å². The van der Waals surface area contributed by atoms with E-state index in [1.54, 1.807) is 23.5 Å². The van der Waals surface area contributed by atoms with Crippen LogP contribution in [-0.4, -0.2) is 9.97 Å². The Labute approximate surface area is 138 Å². The van der Waals surface area contributed by atoms with Gasteiger partial charge in [0.2, 0.25) is 0 Å². The highest BCUT2D eigenvalue weighted by Crippen LogP contribution is 2.29. The van der Waals surface area contributed by atoms with Crippen molar-refractivity contribution in [3.8, 4) is 16.3 Å². The van der Waals surface area contributed by atoms with Crippen LogP contribution in [0.2, 0.25) is 0 Å². The third-order valence-corrected chi connectivity index (χ3v) is 4.68. The molecule has 2 aromatic heterocycles. The van der Waals surface area contributed by atoms with Crippen LogP contribution in [0.3, 0.4) is 0 Å². The maximum absolute atomic E-state index is 12.9. The van der Waals surface area contributed by atoms with Gasteiger partial charge in [0.1, 0.15) is 23.2 Å². The van der Waals surface area contributed by atoms with E-state index in [1.165, 1.54) is 12.1 Å². The van der Waals surface area contributed by atoms with E-state index in [1.807, 2.05) is 19.2 Å². The Morgan fingerprint density at radius 3 is 2.70 bits per heavy atom. The largest absolute Gasteiger partial charge is 0.488 e. The zero-order valence-electron chi connectivity index (χ0n) is 13.0. The minimum Gasteiger partial charge on any atom is -0.488 e. The minimum atomic E-state index is -0.266. The third kappa shape index (κ3) is 3.74. The molecule has 0 fully saturated rings. The molecule has 0 aliphatic heterocycles. The second kappa shape index (κ2) is 6.87. The molecule has 0 spiro atoms. The van der Waals surface area contributed by atoms with Crippen molar-refractivity contribution in [1.29, 1.82) is 0 Å². The Balaban J connectivity index is 1.76. The lowest BCUT2D eigenvalue weighted by molar-refractivity contribution is 0.308. The monoisotopic (exact) mass is 328 g/mol. The van der Waals surface area contributed by atoms with E-state index in [9.17, 15) is 4.39 Å². The van der Waals surface area contributed by atoms with Gasteiger partial charge in [0.15, 0.2) is 0 Å².